The fourth-order valence-corrected chi connectivity index (χ4v) is 3.21. The van der Waals surface area contributed by atoms with Gasteiger partial charge < -0.3 is 9.88 Å². The van der Waals surface area contributed by atoms with Crippen LogP contribution in [0.25, 0.3) is 0 Å². The summed E-state index contributed by atoms with van der Waals surface area (Å²) in [6, 6.07) is 3.09. The number of hydrogen-bond donors (Lipinski definition) is 1. The lowest BCUT2D eigenvalue weighted by Crippen LogP contribution is -2.31. The average molecular weight is 289 g/mol. The molecular formula is C14H15N3O2S. The van der Waals surface area contributed by atoms with Gasteiger partial charge in [0.1, 0.15) is 5.69 Å². The third-order valence-corrected chi connectivity index (χ3v) is 4.11. The number of amides is 1. The van der Waals surface area contributed by atoms with Crippen LogP contribution >= 0.6 is 11.3 Å². The number of aromatic nitrogens is 2. The van der Waals surface area contributed by atoms with E-state index in [1.54, 1.807) is 27.9 Å². The molecule has 0 radical (unpaired) electrons. The molecule has 1 aliphatic heterocycles. The van der Waals surface area contributed by atoms with E-state index in [4.69, 9.17) is 0 Å². The molecule has 0 spiro atoms. The van der Waals surface area contributed by atoms with Crippen molar-refractivity contribution in [3.63, 3.8) is 0 Å². The number of rotatable bonds is 2. The van der Waals surface area contributed by atoms with E-state index in [0.717, 1.165) is 24.2 Å². The largest absolute Gasteiger partial charge is 0.361 e. The molecule has 1 unspecified atom stereocenters. The number of carbonyl (C=O) groups is 1. The fourth-order valence-electron chi connectivity index (χ4n) is 2.69. The maximum atomic E-state index is 12.4. The van der Waals surface area contributed by atoms with Gasteiger partial charge in [0.25, 0.3) is 5.91 Å². The third-order valence-electron chi connectivity index (χ3n) is 3.52. The van der Waals surface area contributed by atoms with Crippen molar-refractivity contribution in [1.29, 1.82) is 0 Å². The maximum absolute atomic E-state index is 12.4. The van der Waals surface area contributed by atoms with E-state index in [2.05, 4.69) is 9.97 Å². The molecule has 0 aliphatic carbocycles. The van der Waals surface area contributed by atoms with Crippen LogP contribution < -0.4 is 5.43 Å². The molecule has 0 aromatic carbocycles. The second-order valence-electron chi connectivity index (χ2n) is 4.98. The summed E-state index contributed by atoms with van der Waals surface area (Å²) >= 11 is 1.41. The number of likely N-dealkylation sites (tertiary alicyclic amines) is 1. The minimum Gasteiger partial charge on any atom is -0.361 e. The van der Waals surface area contributed by atoms with Crippen molar-refractivity contribution in [2.75, 3.05) is 6.54 Å². The summed E-state index contributed by atoms with van der Waals surface area (Å²) in [5.74, 6) is -0.0592. The molecular weight excluding hydrogens is 274 g/mol. The lowest BCUT2D eigenvalue weighted by atomic mass is 10.1. The van der Waals surface area contributed by atoms with Crippen LogP contribution in [0.15, 0.2) is 27.8 Å². The highest BCUT2D eigenvalue weighted by Gasteiger charge is 2.32. The van der Waals surface area contributed by atoms with Crippen LogP contribution in [0.2, 0.25) is 0 Å². The number of aromatic amines is 1. The van der Waals surface area contributed by atoms with E-state index in [1.165, 1.54) is 11.3 Å². The zero-order valence-corrected chi connectivity index (χ0v) is 11.9. The Balaban J connectivity index is 1.92. The van der Waals surface area contributed by atoms with Gasteiger partial charge in [0, 0.05) is 35.4 Å². The molecule has 3 rings (SSSR count). The highest BCUT2D eigenvalue weighted by atomic mass is 32.1. The standard InChI is InChI=1S/C14H15N3O2S/c1-9-5-10(18)6-11(16-9)13-3-2-4-17(13)14(19)12-7-20-8-15-12/h5-8,13H,2-4H2,1H3,(H,16,18). The van der Waals surface area contributed by atoms with E-state index in [1.807, 2.05) is 6.92 Å². The summed E-state index contributed by atoms with van der Waals surface area (Å²) < 4.78 is 0. The molecule has 1 saturated heterocycles. The first-order valence-electron chi connectivity index (χ1n) is 6.55. The topological polar surface area (TPSA) is 66.1 Å². The van der Waals surface area contributed by atoms with Crippen molar-refractivity contribution < 1.29 is 4.79 Å². The predicted molar refractivity (Wildman–Crippen MR) is 76.9 cm³/mol. The first kappa shape index (κ1) is 13.1. The van der Waals surface area contributed by atoms with Crippen molar-refractivity contribution in [2.24, 2.45) is 0 Å². The summed E-state index contributed by atoms with van der Waals surface area (Å²) in [5, 5.41) is 1.76. The van der Waals surface area contributed by atoms with Crippen LogP contribution in [0, 0.1) is 6.92 Å². The minimum absolute atomic E-state index is 0.0239. The van der Waals surface area contributed by atoms with Crippen molar-refractivity contribution in [3.8, 4) is 0 Å². The average Bonchev–Trinajstić information content (AvgIpc) is 3.08. The van der Waals surface area contributed by atoms with E-state index >= 15 is 0 Å². The number of nitrogens with zero attached hydrogens (tertiary/aromatic N) is 2. The van der Waals surface area contributed by atoms with Gasteiger partial charge in [-0.1, -0.05) is 0 Å². The van der Waals surface area contributed by atoms with Gasteiger partial charge in [0.05, 0.1) is 11.6 Å². The Labute approximate surface area is 120 Å². The summed E-state index contributed by atoms with van der Waals surface area (Å²) in [4.78, 5) is 33.2. The number of carbonyl (C=O) groups excluding carboxylic acids is 1. The van der Waals surface area contributed by atoms with Gasteiger partial charge in [-0.3, -0.25) is 9.59 Å². The van der Waals surface area contributed by atoms with Gasteiger partial charge in [-0.25, -0.2) is 4.98 Å². The Morgan fingerprint density at radius 2 is 2.35 bits per heavy atom. The third kappa shape index (κ3) is 2.38. The molecule has 20 heavy (non-hydrogen) atoms. The maximum Gasteiger partial charge on any atom is 0.273 e. The Kier molecular flexibility index (Phi) is 3.40. The van der Waals surface area contributed by atoms with E-state index < -0.39 is 0 Å². The molecule has 1 atom stereocenters. The zero-order chi connectivity index (χ0) is 14.1. The monoisotopic (exact) mass is 289 g/mol. The molecule has 0 bridgehead atoms. The molecule has 0 saturated carbocycles. The molecule has 5 nitrogen and oxygen atoms in total. The lowest BCUT2D eigenvalue weighted by Gasteiger charge is -2.24. The van der Waals surface area contributed by atoms with Crippen LogP contribution in [0.4, 0.5) is 0 Å². The molecule has 104 valence electrons. The minimum atomic E-state index is -0.0592. The molecule has 2 aromatic heterocycles. The summed E-state index contributed by atoms with van der Waals surface area (Å²) in [7, 11) is 0. The van der Waals surface area contributed by atoms with Gasteiger partial charge >= 0.3 is 0 Å². The highest BCUT2D eigenvalue weighted by Crippen LogP contribution is 2.31. The number of hydrogen-bond acceptors (Lipinski definition) is 4. The second-order valence-corrected chi connectivity index (χ2v) is 5.70. The van der Waals surface area contributed by atoms with Crippen LogP contribution in [0.1, 0.15) is 40.8 Å². The number of pyridine rings is 1. The predicted octanol–water partition coefficient (Wildman–Crippen LogP) is 2.12. The van der Waals surface area contributed by atoms with E-state index in [9.17, 15) is 9.59 Å². The van der Waals surface area contributed by atoms with Gasteiger partial charge in [-0.2, -0.15) is 0 Å². The molecule has 1 amide bonds. The first-order valence-corrected chi connectivity index (χ1v) is 7.49. The van der Waals surface area contributed by atoms with Gasteiger partial charge in [-0.15, -0.1) is 11.3 Å². The number of aryl methyl sites for hydroxylation is 1. The van der Waals surface area contributed by atoms with Crippen LogP contribution in [-0.4, -0.2) is 27.3 Å². The Morgan fingerprint density at radius 3 is 3.05 bits per heavy atom. The molecule has 6 heteroatoms. The molecule has 1 fully saturated rings. The second kappa shape index (κ2) is 5.20. The van der Waals surface area contributed by atoms with Crippen molar-refractivity contribution in [3.05, 3.63) is 50.3 Å². The van der Waals surface area contributed by atoms with Gasteiger partial charge in [0.15, 0.2) is 5.43 Å². The molecule has 2 aromatic rings. The van der Waals surface area contributed by atoms with Gasteiger partial charge in [0.2, 0.25) is 0 Å². The lowest BCUT2D eigenvalue weighted by molar-refractivity contribution is 0.0727. The highest BCUT2D eigenvalue weighted by molar-refractivity contribution is 7.07. The molecule has 1 aliphatic rings. The number of thiazole rings is 1. The molecule has 3 heterocycles. The van der Waals surface area contributed by atoms with Crippen LogP contribution in [-0.2, 0) is 0 Å². The fraction of sp³-hybridized carbons (Fsp3) is 0.357. The summed E-state index contributed by atoms with van der Waals surface area (Å²) in [6.45, 7) is 2.56. The van der Waals surface area contributed by atoms with Crippen LogP contribution in [0.5, 0.6) is 0 Å². The SMILES string of the molecule is Cc1cc(=O)cc(C2CCCN2C(=O)c2cscn2)[nH]1. The summed E-state index contributed by atoms with van der Waals surface area (Å²) in [5.41, 5.74) is 3.75. The Bertz CT molecular complexity index is 678. The summed E-state index contributed by atoms with van der Waals surface area (Å²) in [6.07, 6.45) is 1.81. The van der Waals surface area contributed by atoms with E-state index in [-0.39, 0.29) is 17.4 Å². The van der Waals surface area contributed by atoms with Crippen molar-refractivity contribution in [1.82, 2.24) is 14.9 Å². The van der Waals surface area contributed by atoms with Gasteiger partial charge in [-0.05, 0) is 19.8 Å². The quantitative estimate of drug-likeness (QED) is 0.921. The van der Waals surface area contributed by atoms with Crippen LogP contribution in [0.3, 0.4) is 0 Å². The van der Waals surface area contributed by atoms with Crippen molar-refractivity contribution >= 4 is 17.2 Å². The van der Waals surface area contributed by atoms with E-state index in [0.29, 0.717) is 12.2 Å². The Morgan fingerprint density at radius 1 is 1.50 bits per heavy atom. The molecule has 1 N–H and O–H groups in total. The number of nitrogens with one attached hydrogen (secondary N) is 1. The first-order chi connectivity index (χ1) is 9.65. The number of H-pyrrole nitrogens is 1. The Hall–Kier alpha value is -1.95. The van der Waals surface area contributed by atoms with Crippen molar-refractivity contribution in [2.45, 2.75) is 25.8 Å². The smallest absolute Gasteiger partial charge is 0.273 e. The zero-order valence-electron chi connectivity index (χ0n) is 11.1. The normalized spacial score (nSPS) is 18.4.